The Labute approximate surface area is 200 Å². The first kappa shape index (κ1) is 23.4. The maximum Gasteiger partial charge on any atom is 0.332 e. The van der Waals surface area contributed by atoms with Crippen molar-refractivity contribution in [3.05, 3.63) is 58.9 Å². The summed E-state index contributed by atoms with van der Waals surface area (Å²) in [6.07, 6.45) is 0.806. The summed E-state index contributed by atoms with van der Waals surface area (Å²) >= 11 is 0. The summed E-state index contributed by atoms with van der Waals surface area (Å²) in [4.78, 5) is 11.7. The molecule has 2 N–H and O–H groups in total. The number of rotatable bonds is 6. The highest BCUT2D eigenvalue weighted by Crippen LogP contribution is 2.46. The first-order chi connectivity index (χ1) is 16.6. The van der Waals surface area contributed by atoms with Gasteiger partial charge in [0.15, 0.2) is 11.9 Å². The van der Waals surface area contributed by atoms with Gasteiger partial charge in [-0.05, 0) is 48.7 Å². The number of nitrogens with zero attached hydrogens (tertiary/aromatic N) is 2. The zero-order valence-electron chi connectivity index (χ0n) is 20.0. The predicted octanol–water partition coefficient (Wildman–Crippen LogP) is 4.97. The summed E-state index contributed by atoms with van der Waals surface area (Å²) in [6, 6.07) is 6.65. The third-order valence-electron chi connectivity index (χ3n) is 6.87. The van der Waals surface area contributed by atoms with E-state index in [4.69, 9.17) is 9.47 Å². The van der Waals surface area contributed by atoms with Crippen LogP contribution in [-0.2, 0) is 19.7 Å². The van der Waals surface area contributed by atoms with Crippen molar-refractivity contribution in [1.82, 2.24) is 14.8 Å². The van der Waals surface area contributed by atoms with E-state index >= 15 is 4.39 Å². The van der Waals surface area contributed by atoms with Crippen molar-refractivity contribution in [3.8, 4) is 5.69 Å². The van der Waals surface area contributed by atoms with Crippen LogP contribution < -0.4 is 0 Å². The third-order valence-corrected chi connectivity index (χ3v) is 6.87. The predicted molar refractivity (Wildman–Crippen MR) is 127 cm³/mol. The summed E-state index contributed by atoms with van der Waals surface area (Å²) in [6.45, 7) is 6.15. The highest BCUT2D eigenvalue weighted by atomic mass is 19.1. The molecule has 0 amide bonds. The maximum atomic E-state index is 16.2. The molecule has 0 saturated carbocycles. The van der Waals surface area contributed by atoms with E-state index in [1.54, 1.807) is 32.4 Å². The number of hydrogen-bond donors (Lipinski definition) is 2. The van der Waals surface area contributed by atoms with Gasteiger partial charge >= 0.3 is 5.97 Å². The van der Waals surface area contributed by atoms with Crippen LogP contribution in [-0.4, -0.2) is 52.3 Å². The van der Waals surface area contributed by atoms with E-state index < -0.39 is 23.3 Å². The van der Waals surface area contributed by atoms with Crippen LogP contribution in [0.3, 0.4) is 0 Å². The monoisotopic (exact) mass is 483 g/mol. The molecule has 0 unspecified atom stereocenters. The van der Waals surface area contributed by atoms with Crippen LogP contribution >= 0.6 is 0 Å². The van der Waals surface area contributed by atoms with E-state index in [9.17, 15) is 14.3 Å². The SMILES string of the molecule is COCC(C)(C)c1c([C@H]2CO[C@H](C(=O)O)C2)c2c(F)c3[nH]ncc3cc2n1-c1ccc(F)c(C)c1. The number of ether oxygens (including phenoxy) is 2. The Morgan fingerprint density at radius 3 is 2.77 bits per heavy atom. The van der Waals surface area contributed by atoms with Gasteiger partial charge in [0.05, 0.1) is 24.9 Å². The molecule has 0 aliphatic carbocycles. The van der Waals surface area contributed by atoms with E-state index in [2.05, 4.69) is 10.2 Å². The zero-order chi connectivity index (χ0) is 25.1. The van der Waals surface area contributed by atoms with Gasteiger partial charge in [-0.25, -0.2) is 13.6 Å². The van der Waals surface area contributed by atoms with Crippen LogP contribution in [0, 0.1) is 18.6 Å². The summed E-state index contributed by atoms with van der Waals surface area (Å²) in [5, 5.41) is 17.3. The van der Waals surface area contributed by atoms with Gasteiger partial charge in [-0.3, -0.25) is 5.10 Å². The Balaban J connectivity index is 1.92. The fourth-order valence-electron chi connectivity index (χ4n) is 5.36. The fraction of sp³-hybridized carbons (Fsp3) is 0.385. The molecule has 0 radical (unpaired) electrons. The van der Waals surface area contributed by atoms with Crippen LogP contribution in [0.15, 0.2) is 30.5 Å². The normalized spacial score (nSPS) is 18.7. The molecule has 2 aromatic carbocycles. The van der Waals surface area contributed by atoms with Crippen LogP contribution in [0.5, 0.6) is 0 Å². The van der Waals surface area contributed by atoms with Gasteiger partial charge in [-0.1, -0.05) is 13.8 Å². The minimum Gasteiger partial charge on any atom is -0.479 e. The quantitative estimate of drug-likeness (QED) is 0.404. The number of benzene rings is 2. The summed E-state index contributed by atoms with van der Waals surface area (Å²) < 4.78 is 43.5. The van der Waals surface area contributed by atoms with Gasteiger partial charge in [-0.2, -0.15) is 5.10 Å². The number of H-pyrrole nitrogens is 1. The van der Waals surface area contributed by atoms with E-state index in [-0.39, 0.29) is 30.3 Å². The molecular formula is C26H27F2N3O4. The summed E-state index contributed by atoms with van der Waals surface area (Å²) in [5.41, 5.74) is 2.86. The Morgan fingerprint density at radius 1 is 1.34 bits per heavy atom. The average molecular weight is 484 g/mol. The lowest BCUT2D eigenvalue weighted by molar-refractivity contribution is -0.147. The molecule has 4 aromatic rings. The highest BCUT2D eigenvalue weighted by molar-refractivity contribution is 6.00. The zero-order valence-corrected chi connectivity index (χ0v) is 20.0. The van der Waals surface area contributed by atoms with E-state index in [1.165, 1.54) is 6.07 Å². The smallest absolute Gasteiger partial charge is 0.332 e. The van der Waals surface area contributed by atoms with Crippen molar-refractivity contribution in [2.75, 3.05) is 20.3 Å². The molecule has 1 aliphatic rings. The van der Waals surface area contributed by atoms with Crippen molar-refractivity contribution in [1.29, 1.82) is 0 Å². The van der Waals surface area contributed by atoms with Crippen molar-refractivity contribution < 1.29 is 28.2 Å². The molecule has 1 aliphatic heterocycles. The number of aromatic amines is 1. The molecule has 2 aromatic heterocycles. The summed E-state index contributed by atoms with van der Waals surface area (Å²) in [5.74, 6) is -2.20. The number of fused-ring (bicyclic) bond motifs is 2. The Hall–Kier alpha value is -3.30. The van der Waals surface area contributed by atoms with Gasteiger partial charge in [-0.15, -0.1) is 0 Å². The van der Waals surface area contributed by atoms with Gasteiger partial charge < -0.3 is 19.1 Å². The molecule has 5 rings (SSSR count). The van der Waals surface area contributed by atoms with Gasteiger partial charge in [0.1, 0.15) is 11.3 Å². The lowest BCUT2D eigenvalue weighted by Gasteiger charge is -2.29. The summed E-state index contributed by atoms with van der Waals surface area (Å²) in [7, 11) is 1.60. The minimum absolute atomic E-state index is 0.148. The topological polar surface area (TPSA) is 89.4 Å². The second-order valence-electron chi connectivity index (χ2n) is 9.86. The molecule has 1 fully saturated rings. The Morgan fingerprint density at radius 2 is 2.11 bits per heavy atom. The van der Waals surface area contributed by atoms with Gasteiger partial charge in [0, 0.05) is 40.6 Å². The lowest BCUT2D eigenvalue weighted by Crippen LogP contribution is -2.29. The van der Waals surface area contributed by atoms with Crippen molar-refractivity contribution in [2.45, 2.75) is 44.6 Å². The molecular weight excluding hydrogens is 456 g/mol. The number of hydrogen-bond acceptors (Lipinski definition) is 4. The first-order valence-electron chi connectivity index (χ1n) is 11.4. The fourth-order valence-corrected chi connectivity index (χ4v) is 5.36. The number of methoxy groups -OCH3 is 1. The second kappa shape index (κ2) is 8.42. The minimum atomic E-state index is -1.04. The van der Waals surface area contributed by atoms with E-state index in [1.807, 2.05) is 24.5 Å². The number of carboxylic acid groups (broad SMARTS) is 1. The number of carbonyl (C=O) groups is 1. The first-order valence-corrected chi connectivity index (χ1v) is 11.4. The molecule has 2 atom stereocenters. The molecule has 3 heterocycles. The van der Waals surface area contributed by atoms with Crippen LogP contribution in [0.2, 0.25) is 0 Å². The number of aromatic nitrogens is 3. The molecule has 184 valence electrons. The standard InChI is InChI=1S/C26H27F2N3O4/c1-13-7-16(5-6-17(13)27)31-18-8-14-10-29-30-23(14)22(28)21(18)20(24(31)26(2,3)12-34-4)15-9-19(25(32)33)35-11-15/h5-8,10,15,19H,9,11-12H2,1-4H3,(H,29,30)(H,32,33)/t15-,19+/m1/s1. The molecule has 0 bridgehead atoms. The lowest BCUT2D eigenvalue weighted by atomic mass is 9.82. The Bertz CT molecular complexity index is 1460. The number of aryl methyl sites for hydroxylation is 1. The molecule has 9 heteroatoms. The number of carboxylic acids is 1. The van der Waals surface area contributed by atoms with Crippen LogP contribution in [0.1, 0.15) is 43.0 Å². The van der Waals surface area contributed by atoms with Crippen LogP contribution in [0.25, 0.3) is 27.5 Å². The number of halogens is 2. The average Bonchev–Trinajstić information content (AvgIpc) is 3.52. The number of aliphatic carboxylic acids is 1. The van der Waals surface area contributed by atoms with Crippen molar-refractivity contribution in [2.24, 2.45) is 0 Å². The molecule has 0 spiro atoms. The molecule has 35 heavy (non-hydrogen) atoms. The van der Waals surface area contributed by atoms with Crippen LogP contribution in [0.4, 0.5) is 8.78 Å². The van der Waals surface area contributed by atoms with Crippen molar-refractivity contribution in [3.63, 3.8) is 0 Å². The molecule has 1 saturated heterocycles. The van der Waals surface area contributed by atoms with E-state index in [0.29, 0.717) is 39.7 Å². The van der Waals surface area contributed by atoms with Gasteiger partial charge in [0.2, 0.25) is 0 Å². The molecule has 7 nitrogen and oxygen atoms in total. The second-order valence-corrected chi connectivity index (χ2v) is 9.86. The maximum absolute atomic E-state index is 16.2. The van der Waals surface area contributed by atoms with Gasteiger partial charge in [0.25, 0.3) is 0 Å². The highest BCUT2D eigenvalue weighted by Gasteiger charge is 2.40. The van der Waals surface area contributed by atoms with Crippen molar-refractivity contribution >= 4 is 27.8 Å². The number of nitrogens with one attached hydrogen (secondary N) is 1. The van der Waals surface area contributed by atoms with E-state index in [0.717, 1.165) is 5.69 Å². The third kappa shape index (κ3) is 3.70. The Kier molecular flexibility index (Phi) is 5.64. The largest absolute Gasteiger partial charge is 0.479 e.